The normalized spacial score (nSPS) is 14.8. The average Bonchev–Trinajstić information content (AvgIpc) is 3.44. The van der Waals surface area contributed by atoms with E-state index in [0.29, 0.717) is 11.8 Å². The van der Waals surface area contributed by atoms with Crippen LogP contribution in [-0.2, 0) is 6.54 Å². The van der Waals surface area contributed by atoms with E-state index >= 15 is 0 Å². The Labute approximate surface area is 177 Å². The fourth-order valence-electron chi connectivity index (χ4n) is 4.00. The Bertz CT molecular complexity index is 1220. The highest BCUT2D eigenvalue weighted by molar-refractivity contribution is 7.99. The van der Waals surface area contributed by atoms with Gasteiger partial charge in [0.1, 0.15) is 0 Å². The first-order chi connectivity index (χ1) is 14.2. The van der Waals surface area contributed by atoms with Gasteiger partial charge in [0.05, 0.1) is 22.4 Å². The van der Waals surface area contributed by atoms with E-state index in [1.165, 1.54) is 42.6 Å². The number of thioether (sulfide) groups is 1. The standard InChI is InChI=1S/C22H22N4OS2/c1-15-8-2-5-11-17(15)26-20(23-24-21(26)28-16-9-3-4-10-16)14-25-18-12-6-7-13-19(18)29-22(25)27/h2,5-8,11-13,16H,3-4,9-10,14H2,1H3. The lowest BCUT2D eigenvalue weighted by Gasteiger charge is -2.15. The van der Waals surface area contributed by atoms with Crippen LogP contribution in [0.15, 0.2) is 58.5 Å². The number of hydrogen-bond acceptors (Lipinski definition) is 5. The van der Waals surface area contributed by atoms with E-state index in [1.54, 1.807) is 0 Å². The molecule has 5 nitrogen and oxygen atoms in total. The lowest BCUT2D eigenvalue weighted by atomic mass is 10.2. The molecule has 0 saturated heterocycles. The monoisotopic (exact) mass is 422 g/mol. The van der Waals surface area contributed by atoms with Crippen molar-refractivity contribution in [2.75, 3.05) is 0 Å². The molecule has 1 aliphatic carbocycles. The van der Waals surface area contributed by atoms with Crippen LogP contribution < -0.4 is 4.87 Å². The van der Waals surface area contributed by atoms with Crippen LogP contribution in [0.1, 0.15) is 37.1 Å². The van der Waals surface area contributed by atoms with Crippen LogP contribution >= 0.6 is 23.1 Å². The molecule has 0 aliphatic heterocycles. The molecule has 4 aromatic rings. The van der Waals surface area contributed by atoms with Gasteiger partial charge in [-0.2, -0.15) is 0 Å². The minimum Gasteiger partial charge on any atom is -0.291 e. The molecule has 5 rings (SSSR count). The smallest absolute Gasteiger partial charge is 0.291 e. The summed E-state index contributed by atoms with van der Waals surface area (Å²) in [5, 5.41) is 10.6. The summed E-state index contributed by atoms with van der Waals surface area (Å²) >= 11 is 3.11. The Morgan fingerprint density at radius 3 is 2.66 bits per heavy atom. The summed E-state index contributed by atoms with van der Waals surface area (Å²) in [5.41, 5.74) is 3.21. The minimum absolute atomic E-state index is 0.0375. The van der Waals surface area contributed by atoms with Crippen molar-refractivity contribution in [3.63, 3.8) is 0 Å². The number of hydrogen-bond donors (Lipinski definition) is 0. The van der Waals surface area contributed by atoms with Crippen molar-refractivity contribution in [2.24, 2.45) is 0 Å². The first kappa shape index (κ1) is 18.6. The van der Waals surface area contributed by atoms with Gasteiger partial charge in [0.25, 0.3) is 0 Å². The van der Waals surface area contributed by atoms with Gasteiger partial charge in [-0.1, -0.05) is 66.3 Å². The van der Waals surface area contributed by atoms with Gasteiger partial charge in [0.15, 0.2) is 11.0 Å². The molecule has 148 valence electrons. The summed E-state index contributed by atoms with van der Waals surface area (Å²) in [5.74, 6) is 0.797. The van der Waals surface area contributed by atoms with Gasteiger partial charge in [-0.25, -0.2) is 0 Å². The Kier molecular flexibility index (Phi) is 5.01. The Balaban J connectivity index is 1.61. The third kappa shape index (κ3) is 3.53. The Hall–Kier alpha value is -2.38. The lowest BCUT2D eigenvalue weighted by molar-refractivity contribution is 0.723. The molecule has 0 unspecified atom stereocenters. The number of nitrogens with zero attached hydrogens (tertiary/aromatic N) is 4. The molecule has 2 aromatic carbocycles. The SMILES string of the molecule is Cc1ccccc1-n1c(Cn2c(=O)sc3ccccc32)nnc1SC1CCCC1. The Morgan fingerprint density at radius 1 is 1.07 bits per heavy atom. The number of aryl methyl sites for hydroxylation is 1. The minimum atomic E-state index is 0.0375. The van der Waals surface area contributed by atoms with E-state index in [1.807, 2.05) is 52.7 Å². The summed E-state index contributed by atoms with van der Waals surface area (Å²) < 4.78 is 4.96. The quantitative estimate of drug-likeness (QED) is 0.452. The number of thiazole rings is 1. The van der Waals surface area contributed by atoms with Crippen LogP contribution in [0, 0.1) is 6.92 Å². The maximum Gasteiger partial charge on any atom is 0.308 e. The van der Waals surface area contributed by atoms with E-state index in [-0.39, 0.29) is 4.87 Å². The molecule has 1 saturated carbocycles. The summed E-state index contributed by atoms with van der Waals surface area (Å²) in [7, 11) is 0. The van der Waals surface area contributed by atoms with Crippen molar-refractivity contribution in [3.8, 4) is 5.69 Å². The lowest BCUT2D eigenvalue weighted by Crippen LogP contribution is -2.17. The topological polar surface area (TPSA) is 52.7 Å². The molecule has 0 spiro atoms. The zero-order chi connectivity index (χ0) is 19.8. The fraction of sp³-hybridized carbons (Fsp3) is 0.318. The molecule has 2 heterocycles. The number of rotatable bonds is 5. The molecule has 7 heteroatoms. The summed E-state index contributed by atoms with van der Waals surface area (Å²) in [6, 6.07) is 16.2. The maximum absolute atomic E-state index is 12.7. The molecule has 1 aliphatic rings. The molecule has 29 heavy (non-hydrogen) atoms. The first-order valence-electron chi connectivity index (χ1n) is 9.96. The van der Waals surface area contributed by atoms with E-state index in [2.05, 4.69) is 33.8 Å². The van der Waals surface area contributed by atoms with Gasteiger partial charge in [0, 0.05) is 5.25 Å². The van der Waals surface area contributed by atoms with Crippen molar-refractivity contribution in [3.05, 3.63) is 69.6 Å². The maximum atomic E-state index is 12.7. The van der Waals surface area contributed by atoms with Crippen molar-refractivity contribution < 1.29 is 0 Å². The van der Waals surface area contributed by atoms with Gasteiger partial charge in [-0.3, -0.25) is 13.9 Å². The highest BCUT2D eigenvalue weighted by Crippen LogP contribution is 2.35. The molecular weight excluding hydrogens is 400 g/mol. The van der Waals surface area contributed by atoms with Crippen molar-refractivity contribution in [1.82, 2.24) is 19.3 Å². The third-order valence-electron chi connectivity index (χ3n) is 5.50. The van der Waals surface area contributed by atoms with E-state index in [0.717, 1.165) is 26.9 Å². The molecule has 0 amide bonds. The van der Waals surface area contributed by atoms with Gasteiger partial charge >= 0.3 is 4.87 Å². The van der Waals surface area contributed by atoms with Crippen molar-refractivity contribution in [2.45, 2.75) is 49.6 Å². The van der Waals surface area contributed by atoms with Crippen LogP contribution in [0.2, 0.25) is 0 Å². The predicted octanol–water partition coefficient (Wildman–Crippen LogP) is 5.04. The third-order valence-corrected chi connectivity index (χ3v) is 7.74. The molecular formula is C22H22N4OS2. The van der Waals surface area contributed by atoms with Crippen LogP contribution in [0.4, 0.5) is 0 Å². The van der Waals surface area contributed by atoms with Gasteiger partial charge in [-0.05, 0) is 43.5 Å². The number of fused-ring (bicyclic) bond motifs is 1. The molecule has 0 radical (unpaired) electrons. The summed E-state index contributed by atoms with van der Waals surface area (Å²) in [6.07, 6.45) is 5.04. The number of benzene rings is 2. The molecule has 0 atom stereocenters. The van der Waals surface area contributed by atoms with Gasteiger partial charge in [-0.15, -0.1) is 10.2 Å². The van der Waals surface area contributed by atoms with Crippen LogP contribution in [0.25, 0.3) is 15.9 Å². The van der Waals surface area contributed by atoms with Gasteiger partial charge < -0.3 is 0 Å². The highest BCUT2D eigenvalue weighted by atomic mass is 32.2. The first-order valence-corrected chi connectivity index (χ1v) is 11.7. The second kappa shape index (κ2) is 7.80. The molecule has 0 N–H and O–H groups in total. The zero-order valence-electron chi connectivity index (χ0n) is 16.2. The van der Waals surface area contributed by atoms with Gasteiger partial charge in [0.2, 0.25) is 0 Å². The predicted molar refractivity (Wildman–Crippen MR) is 119 cm³/mol. The Morgan fingerprint density at radius 2 is 1.83 bits per heavy atom. The van der Waals surface area contributed by atoms with Crippen LogP contribution in [-0.4, -0.2) is 24.6 Å². The molecule has 2 aromatic heterocycles. The van der Waals surface area contributed by atoms with Crippen LogP contribution in [0.3, 0.4) is 0 Å². The second-order valence-electron chi connectivity index (χ2n) is 7.47. The van der Waals surface area contributed by atoms with Crippen LogP contribution in [0.5, 0.6) is 0 Å². The summed E-state index contributed by atoms with van der Waals surface area (Å²) in [6.45, 7) is 2.52. The van der Waals surface area contributed by atoms with E-state index < -0.39 is 0 Å². The number of aromatic nitrogens is 4. The average molecular weight is 423 g/mol. The summed E-state index contributed by atoms with van der Waals surface area (Å²) in [4.78, 5) is 12.7. The van der Waals surface area contributed by atoms with E-state index in [4.69, 9.17) is 0 Å². The van der Waals surface area contributed by atoms with Crippen molar-refractivity contribution >= 4 is 33.3 Å². The molecule has 0 bridgehead atoms. The molecule has 1 fully saturated rings. The zero-order valence-corrected chi connectivity index (χ0v) is 17.9. The number of para-hydroxylation sites is 2. The van der Waals surface area contributed by atoms with Crippen molar-refractivity contribution in [1.29, 1.82) is 0 Å². The highest BCUT2D eigenvalue weighted by Gasteiger charge is 2.23. The van der Waals surface area contributed by atoms with E-state index in [9.17, 15) is 4.79 Å². The second-order valence-corrected chi connectivity index (χ2v) is 9.73. The largest absolute Gasteiger partial charge is 0.308 e. The fourth-order valence-corrected chi connectivity index (χ4v) is 6.15.